The number of hydrogen-bond acceptors (Lipinski definition) is 5. The molecule has 1 aromatic rings. The molecule has 0 saturated carbocycles. The van der Waals surface area contributed by atoms with E-state index >= 15 is 0 Å². The summed E-state index contributed by atoms with van der Waals surface area (Å²) in [6.45, 7) is 8.89. The highest BCUT2D eigenvalue weighted by atomic mass is 32.1. The van der Waals surface area contributed by atoms with Crippen LogP contribution in [0.1, 0.15) is 35.4 Å². The molecule has 1 heterocycles. The normalized spacial score (nSPS) is 12.2. The van der Waals surface area contributed by atoms with Crippen molar-refractivity contribution in [1.82, 2.24) is 10.3 Å². The van der Waals surface area contributed by atoms with Crippen LogP contribution >= 0.6 is 11.3 Å². The van der Waals surface area contributed by atoms with Gasteiger partial charge in [-0.3, -0.25) is 4.79 Å². The smallest absolute Gasteiger partial charge is 0.270 e. The van der Waals surface area contributed by atoms with E-state index in [4.69, 9.17) is 10.5 Å². The zero-order valence-corrected chi connectivity index (χ0v) is 11.5. The molecule has 0 bridgehead atoms. The molecule has 1 rings (SSSR count). The topological polar surface area (TPSA) is 77.2 Å². The average molecular weight is 269 g/mol. The highest BCUT2D eigenvalue weighted by molar-refractivity contribution is 7.09. The minimum Gasteiger partial charge on any atom is -0.375 e. The first-order valence-electron chi connectivity index (χ1n) is 5.72. The van der Waals surface area contributed by atoms with E-state index in [9.17, 15) is 4.79 Å². The van der Waals surface area contributed by atoms with E-state index in [0.717, 1.165) is 10.6 Å². The molecule has 1 unspecified atom stereocenters. The number of amides is 1. The van der Waals surface area contributed by atoms with Crippen molar-refractivity contribution in [3.63, 3.8) is 0 Å². The van der Waals surface area contributed by atoms with E-state index in [1.807, 2.05) is 13.8 Å². The van der Waals surface area contributed by atoms with Crippen molar-refractivity contribution in [2.45, 2.75) is 19.9 Å². The minimum absolute atomic E-state index is 0.143. The van der Waals surface area contributed by atoms with Crippen LogP contribution in [0.3, 0.4) is 0 Å². The molecule has 6 heteroatoms. The second-order valence-electron chi connectivity index (χ2n) is 4.13. The Morgan fingerprint density at radius 3 is 3.00 bits per heavy atom. The van der Waals surface area contributed by atoms with Crippen molar-refractivity contribution in [3.05, 3.63) is 28.2 Å². The van der Waals surface area contributed by atoms with Gasteiger partial charge in [0.05, 0.1) is 19.3 Å². The first kappa shape index (κ1) is 14.8. The van der Waals surface area contributed by atoms with Crippen LogP contribution in [-0.4, -0.2) is 30.6 Å². The average Bonchev–Trinajstić information content (AvgIpc) is 2.77. The highest BCUT2D eigenvalue weighted by Gasteiger charge is 2.11. The van der Waals surface area contributed by atoms with E-state index in [1.165, 1.54) is 11.3 Å². The molecule has 0 radical (unpaired) electrons. The fourth-order valence-electron chi connectivity index (χ4n) is 1.17. The van der Waals surface area contributed by atoms with Crippen LogP contribution in [0.2, 0.25) is 0 Å². The van der Waals surface area contributed by atoms with Gasteiger partial charge in [-0.25, -0.2) is 4.98 Å². The molecule has 3 N–H and O–H groups in total. The Bertz CT molecular complexity index is 415. The summed E-state index contributed by atoms with van der Waals surface area (Å²) in [6.07, 6.45) is 0. The van der Waals surface area contributed by atoms with Gasteiger partial charge in [-0.15, -0.1) is 11.3 Å². The molecule has 0 spiro atoms. The fourth-order valence-corrected chi connectivity index (χ4v) is 1.93. The third-order valence-electron chi connectivity index (χ3n) is 2.02. The van der Waals surface area contributed by atoms with Crippen molar-refractivity contribution in [2.75, 3.05) is 19.8 Å². The van der Waals surface area contributed by atoms with Crippen molar-refractivity contribution in [1.29, 1.82) is 0 Å². The van der Waals surface area contributed by atoms with Crippen LogP contribution < -0.4 is 11.1 Å². The molecule has 100 valence electrons. The summed E-state index contributed by atoms with van der Waals surface area (Å²) < 4.78 is 5.27. The first-order chi connectivity index (χ1) is 8.50. The Hall–Kier alpha value is -1.24. The fraction of sp³-hybridized carbons (Fsp3) is 0.500. The Kier molecular flexibility index (Phi) is 5.97. The summed E-state index contributed by atoms with van der Waals surface area (Å²) in [4.78, 5) is 15.9. The molecule has 18 heavy (non-hydrogen) atoms. The Morgan fingerprint density at radius 1 is 1.72 bits per heavy atom. The van der Waals surface area contributed by atoms with Gasteiger partial charge in [0, 0.05) is 11.9 Å². The molecule has 1 amide bonds. The maximum atomic E-state index is 11.7. The Morgan fingerprint density at radius 2 is 2.44 bits per heavy atom. The zero-order valence-electron chi connectivity index (χ0n) is 10.7. The van der Waals surface area contributed by atoms with Gasteiger partial charge in [-0.2, -0.15) is 0 Å². The molecule has 1 aromatic heterocycles. The maximum Gasteiger partial charge on any atom is 0.270 e. The molecule has 0 aliphatic carbocycles. The van der Waals surface area contributed by atoms with E-state index < -0.39 is 0 Å². The third-order valence-corrected chi connectivity index (χ3v) is 3.07. The molecular formula is C12H19N3O2S. The molecular weight excluding hydrogens is 250 g/mol. The minimum atomic E-state index is -0.197. The van der Waals surface area contributed by atoms with E-state index in [2.05, 4.69) is 16.9 Å². The van der Waals surface area contributed by atoms with Gasteiger partial charge in [0.15, 0.2) is 0 Å². The molecule has 5 nitrogen and oxygen atoms in total. The van der Waals surface area contributed by atoms with Gasteiger partial charge in [0.1, 0.15) is 10.7 Å². The largest absolute Gasteiger partial charge is 0.375 e. The Balaban J connectivity index is 2.29. The number of nitrogens with one attached hydrogen (secondary N) is 1. The van der Waals surface area contributed by atoms with Crippen LogP contribution in [0.15, 0.2) is 17.5 Å². The van der Waals surface area contributed by atoms with Crippen molar-refractivity contribution in [3.8, 4) is 0 Å². The van der Waals surface area contributed by atoms with E-state index in [0.29, 0.717) is 25.5 Å². The van der Waals surface area contributed by atoms with Crippen LogP contribution in [0.25, 0.3) is 0 Å². The van der Waals surface area contributed by atoms with E-state index in [1.54, 1.807) is 5.38 Å². The number of carbonyl (C=O) groups is 1. The summed E-state index contributed by atoms with van der Waals surface area (Å²) in [5.41, 5.74) is 7.05. The number of hydrogen-bond donors (Lipinski definition) is 2. The van der Waals surface area contributed by atoms with E-state index in [-0.39, 0.29) is 11.9 Å². The van der Waals surface area contributed by atoms with Crippen molar-refractivity contribution < 1.29 is 9.53 Å². The number of thiazole rings is 1. The lowest BCUT2D eigenvalue weighted by Crippen LogP contribution is -2.27. The number of nitrogens with two attached hydrogens (primary N) is 1. The number of nitrogens with zero attached hydrogens (tertiary/aromatic N) is 1. The SMILES string of the molecule is C=C(C)COCCNC(=O)c1csc(C(C)N)n1. The molecule has 0 fully saturated rings. The molecule has 1 atom stereocenters. The van der Waals surface area contributed by atoms with Crippen LogP contribution in [-0.2, 0) is 4.74 Å². The standard InChI is InChI=1S/C12H19N3O2S/c1-8(2)6-17-5-4-14-11(16)10-7-18-12(15-10)9(3)13/h7,9H,1,4-6,13H2,2-3H3,(H,14,16). The van der Waals surface area contributed by atoms with Crippen molar-refractivity contribution >= 4 is 17.2 Å². The van der Waals surface area contributed by atoms with Crippen LogP contribution in [0.4, 0.5) is 0 Å². The molecule has 0 aliphatic rings. The number of aromatic nitrogens is 1. The van der Waals surface area contributed by atoms with Gasteiger partial charge >= 0.3 is 0 Å². The summed E-state index contributed by atoms with van der Waals surface area (Å²) >= 11 is 1.39. The second kappa shape index (κ2) is 7.25. The van der Waals surface area contributed by atoms with Gasteiger partial charge in [-0.1, -0.05) is 12.2 Å². The first-order valence-corrected chi connectivity index (χ1v) is 6.60. The highest BCUT2D eigenvalue weighted by Crippen LogP contribution is 2.15. The molecule has 0 aliphatic heterocycles. The van der Waals surface area contributed by atoms with Crippen LogP contribution in [0.5, 0.6) is 0 Å². The van der Waals surface area contributed by atoms with Gasteiger partial charge in [-0.05, 0) is 13.8 Å². The monoisotopic (exact) mass is 269 g/mol. The van der Waals surface area contributed by atoms with Gasteiger partial charge in [0.2, 0.25) is 0 Å². The lowest BCUT2D eigenvalue weighted by atomic mass is 10.4. The lowest BCUT2D eigenvalue weighted by molar-refractivity contribution is 0.0922. The maximum absolute atomic E-state index is 11.7. The second-order valence-corrected chi connectivity index (χ2v) is 5.01. The molecule has 0 aromatic carbocycles. The van der Waals surface area contributed by atoms with Crippen LogP contribution in [0, 0.1) is 0 Å². The van der Waals surface area contributed by atoms with Gasteiger partial charge in [0.25, 0.3) is 5.91 Å². The Labute approximate surface area is 111 Å². The lowest BCUT2D eigenvalue weighted by Gasteiger charge is -2.04. The van der Waals surface area contributed by atoms with Gasteiger partial charge < -0.3 is 15.8 Å². The summed E-state index contributed by atoms with van der Waals surface area (Å²) in [6, 6.07) is -0.143. The van der Waals surface area contributed by atoms with Crippen molar-refractivity contribution in [2.24, 2.45) is 5.73 Å². The third kappa shape index (κ3) is 4.95. The predicted octanol–water partition coefficient (Wildman–Crippen LogP) is 1.49. The zero-order chi connectivity index (χ0) is 13.5. The number of carbonyl (C=O) groups excluding carboxylic acids is 1. The number of ether oxygens (including phenoxy) is 1. The summed E-state index contributed by atoms with van der Waals surface area (Å²) in [5, 5.41) is 5.21. The quantitative estimate of drug-likeness (QED) is 0.580. The summed E-state index contributed by atoms with van der Waals surface area (Å²) in [7, 11) is 0. The number of rotatable bonds is 7. The predicted molar refractivity (Wildman–Crippen MR) is 72.7 cm³/mol. The summed E-state index contributed by atoms with van der Waals surface area (Å²) in [5.74, 6) is -0.197. The molecule has 0 saturated heterocycles.